The molecular formula is C19H26N2O5. The molecule has 2 N–H and O–H groups in total. The van der Waals surface area contributed by atoms with E-state index in [2.05, 4.69) is 5.32 Å². The first-order valence-electron chi connectivity index (χ1n) is 8.94. The van der Waals surface area contributed by atoms with Gasteiger partial charge in [0, 0.05) is 6.54 Å². The maximum Gasteiger partial charge on any atom is 0.410 e. The molecule has 2 amide bonds. The maximum absolute atomic E-state index is 12.5. The average Bonchev–Trinajstić information content (AvgIpc) is 3.14. The van der Waals surface area contributed by atoms with Gasteiger partial charge in [-0.2, -0.15) is 0 Å². The molecule has 2 rings (SSSR count). The fourth-order valence-corrected chi connectivity index (χ4v) is 2.99. The lowest BCUT2D eigenvalue weighted by molar-refractivity contribution is -0.144. The van der Waals surface area contributed by atoms with Crippen LogP contribution in [0.2, 0.25) is 0 Å². The van der Waals surface area contributed by atoms with Crippen molar-refractivity contribution in [3.8, 4) is 0 Å². The number of carbonyl (C=O) groups excluding carboxylic acids is 2. The van der Waals surface area contributed by atoms with Gasteiger partial charge in [-0.05, 0) is 24.3 Å². The molecule has 0 aromatic heterocycles. The minimum Gasteiger partial charge on any atom is -0.480 e. The van der Waals surface area contributed by atoms with E-state index in [0.29, 0.717) is 25.8 Å². The Labute approximate surface area is 153 Å². The second kappa shape index (κ2) is 9.22. The fraction of sp³-hybridized carbons (Fsp3) is 0.526. The molecule has 0 bridgehead atoms. The summed E-state index contributed by atoms with van der Waals surface area (Å²) in [5.41, 5.74) is 0.865. The third-order valence-electron chi connectivity index (χ3n) is 4.77. The highest BCUT2D eigenvalue weighted by Crippen LogP contribution is 2.20. The highest BCUT2D eigenvalue weighted by atomic mass is 16.6. The predicted octanol–water partition coefficient (Wildman–Crippen LogP) is 2.40. The van der Waals surface area contributed by atoms with Gasteiger partial charge < -0.3 is 15.2 Å². The molecule has 1 aromatic rings. The number of amides is 2. The quantitative estimate of drug-likeness (QED) is 0.776. The summed E-state index contributed by atoms with van der Waals surface area (Å²) in [5.74, 6) is -1.70. The zero-order valence-electron chi connectivity index (χ0n) is 15.2. The van der Waals surface area contributed by atoms with Crippen LogP contribution in [0.4, 0.5) is 4.79 Å². The molecule has 7 heteroatoms. The van der Waals surface area contributed by atoms with Crippen LogP contribution in [0.25, 0.3) is 0 Å². The van der Waals surface area contributed by atoms with Gasteiger partial charge in [0.05, 0.1) is 0 Å². The van der Waals surface area contributed by atoms with Gasteiger partial charge in [-0.1, -0.05) is 50.6 Å². The highest BCUT2D eigenvalue weighted by molar-refractivity contribution is 5.89. The molecule has 1 fully saturated rings. The van der Waals surface area contributed by atoms with E-state index in [1.807, 2.05) is 37.3 Å². The van der Waals surface area contributed by atoms with Crippen LogP contribution in [0, 0.1) is 5.92 Å². The van der Waals surface area contributed by atoms with Crippen LogP contribution < -0.4 is 5.32 Å². The topological polar surface area (TPSA) is 95.9 Å². The number of rotatable bonds is 7. The van der Waals surface area contributed by atoms with Crippen molar-refractivity contribution in [2.75, 3.05) is 6.54 Å². The number of carbonyl (C=O) groups is 3. The van der Waals surface area contributed by atoms with Crippen molar-refractivity contribution < 1.29 is 24.2 Å². The van der Waals surface area contributed by atoms with Crippen molar-refractivity contribution in [2.24, 2.45) is 5.92 Å². The number of hydrogen-bond acceptors (Lipinski definition) is 4. The highest BCUT2D eigenvalue weighted by Gasteiger charge is 2.37. The van der Waals surface area contributed by atoms with E-state index in [9.17, 15) is 19.5 Å². The Kier molecular flexibility index (Phi) is 7.00. The van der Waals surface area contributed by atoms with Gasteiger partial charge >= 0.3 is 12.1 Å². The summed E-state index contributed by atoms with van der Waals surface area (Å²) < 4.78 is 5.30. The van der Waals surface area contributed by atoms with Crippen LogP contribution in [-0.4, -0.2) is 46.6 Å². The lowest BCUT2D eigenvalue weighted by atomic mass is 9.99. The molecule has 0 unspecified atom stereocenters. The van der Waals surface area contributed by atoms with Crippen molar-refractivity contribution in [2.45, 2.75) is 51.8 Å². The number of carboxylic acid groups (broad SMARTS) is 1. The predicted molar refractivity (Wildman–Crippen MR) is 95.4 cm³/mol. The van der Waals surface area contributed by atoms with Crippen molar-refractivity contribution in [1.82, 2.24) is 10.2 Å². The number of hydrogen-bond donors (Lipinski definition) is 2. The first-order chi connectivity index (χ1) is 12.4. The Balaban J connectivity index is 1.96. The lowest BCUT2D eigenvalue weighted by Crippen LogP contribution is -2.52. The molecule has 0 aliphatic carbocycles. The summed E-state index contributed by atoms with van der Waals surface area (Å²) >= 11 is 0. The van der Waals surface area contributed by atoms with E-state index in [1.54, 1.807) is 6.92 Å². The van der Waals surface area contributed by atoms with E-state index >= 15 is 0 Å². The van der Waals surface area contributed by atoms with Crippen LogP contribution in [0.15, 0.2) is 30.3 Å². The van der Waals surface area contributed by atoms with Gasteiger partial charge in [0.1, 0.15) is 18.7 Å². The van der Waals surface area contributed by atoms with Gasteiger partial charge in [-0.3, -0.25) is 9.69 Å². The van der Waals surface area contributed by atoms with Gasteiger partial charge in [0.2, 0.25) is 5.91 Å². The Morgan fingerprint density at radius 3 is 2.62 bits per heavy atom. The molecule has 7 nitrogen and oxygen atoms in total. The SMILES string of the molecule is CC[C@H](C)[C@H](NC(=O)[C@@H]1CCCN1C(=O)OCc1ccccc1)C(=O)O. The van der Waals surface area contributed by atoms with Crippen LogP contribution in [0.1, 0.15) is 38.7 Å². The Bertz CT molecular complexity index is 634. The van der Waals surface area contributed by atoms with E-state index in [1.165, 1.54) is 4.90 Å². The Morgan fingerprint density at radius 2 is 2.00 bits per heavy atom. The smallest absolute Gasteiger partial charge is 0.410 e. The zero-order chi connectivity index (χ0) is 19.1. The number of ether oxygens (including phenoxy) is 1. The standard InChI is InChI=1S/C19H26N2O5/c1-3-13(2)16(18(23)24)20-17(22)15-10-7-11-21(15)19(25)26-12-14-8-5-4-6-9-14/h4-6,8-9,13,15-16H,3,7,10-12H2,1-2H3,(H,20,22)(H,23,24)/t13-,15-,16-/m0/s1. The molecule has 0 saturated carbocycles. The van der Waals surface area contributed by atoms with Crippen LogP contribution in [-0.2, 0) is 20.9 Å². The van der Waals surface area contributed by atoms with E-state index < -0.39 is 30.1 Å². The van der Waals surface area contributed by atoms with Gasteiger partial charge in [-0.25, -0.2) is 9.59 Å². The third-order valence-corrected chi connectivity index (χ3v) is 4.77. The summed E-state index contributed by atoms with van der Waals surface area (Å²) in [7, 11) is 0. The minimum atomic E-state index is -1.07. The molecule has 1 saturated heterocycles. The Hall–Kier alpha value is -2.57. The number of carboxylic acids is 1. The van der Waals surface area contributed by atoms with Crippen molar-refractivity contribution >= 4 is 18.0 Å². The minimum absolute atomic E-state index is 0.134. The zero-order valence-corrected chi connectivity index (χ0v) is 15.2. The number of aliphatic carboxylic acids is 1. The second-order valence-corrected chi connectivity index (χ2v) is 6.60. The molecule has 1 heterocycles. The molecular weight excluding hydrogens is 336 g/mol. The van der Waals surface area contributed by atoms with Crippen LogP contribution in [0.3, 0.4) is 0 Å². The normalized spacial score (nSPS) is 18.8. The van der Waals surface area contributed by atoms with Crippen LogP contribution >= 0.6 is 0 Å². The van der Waals surface area contributed by atoms with Crippen molar-refractivity contribution in [3.05, 3.63) is 35.9 Å². The molecule has 0 radical (unpaired) electrons. The van der Waals surface area contributed by atoms with Gasteiger partial charge in [0.25, 0.3) is 0 Å². The summed E-state index contributed by atoms with van der Waals surface area (Å²) in [6, 6.07) is 7.64. The van der Waals surface area contributed by atoms with E-state index in [0.717, 1.165) is 5.56 Å². The summed E-state index contributed by atoms with van der Waals surface area (Å²) in [4.78, 5) is 37.7. The largest absolute Gasteiger partial charge is 0.480 e. The first kappa shape index (κ1) is 19.8. The molecule has 1 aliphatic rings. The number of likely N-dealkylation sites (tertiary alicyclic amines) is 1. The second-order valence-electron chi connectivity index (χ2n) is 6.60. The number of nitrogens with zero attached hydrogens (tertiary/aromatic N) is 1. The monoisotopic (exact) mass is 362 g/mol. The maximum atomic E-state index is 12.5. The molecule has 1 aromatic carbocycles. The summed E-state index contributed by atoms with van der Waals surface area (Å²) in [6.45, 7) is 4.21. The molecule has 1 aliphatic heterocycles. The molecule has 26 heavy (non-hydrogen) atoms. The number of benzene rings is 1. The van der Waals surface area contributed by atoms with Crippen molar-refractivity contribution in [1.29, 1.82) is 0 Å². The first-order valence-corrected chi connectivity index (χ1v) is 8.94. The molecule has 3 atom stereocenters. The van der Waals surface area contributed by atoms with E-state index in [4.69, 9.17) is 4.74 Å². The fourth-order valence-electron chi connectivity index (χ4n) is 2.99. The van der Waals surface area contributed by atoms with Crippen LogP contribution in [0.5, 0.6) is 0 Å². The molecule has 142 valence electrons. The Morgan fingerprint density at radius 1 is 1.31 bits per heavy atom. The van der Waals surface area contributed by atoms with E-state index in [-0.39, 0.29) is 12.5 Å². The van der Waals surface area contributed by atoms with Gasteiger partial charge in [0.15, 0.2) is 0 Å². The third kappa shape index (κ3) is 4.97. The number of nitrogens with one attached hydrogen (secondary N) is 1. The lowest BCUT2D eigenvalue weighted by Gasteiger charge is -2.26. The molecule has 0 spiro atoms. The summed E-state index contributed by atoms with van der Waals surface area (Å²) in [6.07, 6.45) is 1.26. The van der Waals surface area contributed by atoms with Crippen molar-refractivity contribution in [3.63, 3.8) is 0 Å². The average molecular weight is 362 g/mol. The van der Waals surface area contributed by atoms with Gasteiger partial charge in [-0.15, -0.1) is 0 Å². The summed E-state index contributed by atoms with van der Waals surface area (Å²) in [5, 5.41) is 11.9.